The Labute approximate surface area is 168 Å². The lowest BCUT2D eigenvalue weighted by Gasteiger charge is -2.50. The second-order valence-corrected chi connectivity index (χ2v) is 10.3. The smallest absolute Gasteiger partial charge is 0.171 e. The van der Waals surface area contributed by atoms with Crippen LogP contribution in [0.3, 0.4) is 0 Å². The molecule has 1 spiro atoms. The van der Waals surface area contributed by atoms with Gasteiger partial charge in [-0.25, -0.2) is 0 Å². The van der Waals surface area contributed by atoms with E-state index in [4.69, 9.17) is 18.9 Å². The number of hydrogen-bond acceptors (Lipinski definition) is 4. The predicted octanol–water partition coefficient (Wildman–Crippen LogP) is 4.54. The fraction of sp³-hybridized carbons (Fsp3) is 0.833. The Hall–Kier alpha value is -0.680. The van der Waals surface area contributed by atoms with Gasteiger partial charge in [-0.1, -0.05) is 19.1 Å². The molecule has 4 heteroatoms. The summed E-state index contributed by atoms with van der Waals surface area (Å²) in [5.74, 6) is 1.07. The topological polar surface area (TPSA) is 40.2 Å². The van der Waals surface area contributed by atoms with E-state index in [-0.39, 0.29) is 22.4 Å². The molecule has 0 bridgehead atoms. The largest absolute Gasteiger partial charge is 0.377 e. The highest BCUT2D eigenvalue weighted by atomic mass is 16.7. The molecule has 6 atom stereocenters. The van der Waals surface area contributed by atoms with Crippen molar-refractivity contribution in [3.8, 4) is 0 Å². The zero-order valence-electron chi connectivity index (χ0n) is 17.2. The standard InChI is InChI=1S/C24H34O4/c1-3-4-13-25-20-6-5-18-17-7-10-22-16-23(26-14-15-27-23)11-12-24(22,28-22)19(17)8-9-21(18,20)2/h3,8,17-18,20H,1,4-7,9-16H2,2H3/t17-,18-,20?,21-,22+,24+/m0/s1. The van der Waals surface area contributed by atoms with Crippen molar-refractivity contribution in [2.45, 2.75) is 87.8 Å². The van der Waals surface area contributed by atoms with E-state index in [9.17, 15) is 0 Å². The molecule has 3 saturated carbocycles. The molecule has 0 radical (unpaired) electrons. The molecule has 5 fully saturated rings. The van der Waals surface area contributed by atoms with Gasteiger partial charge in [-0.2, -0.15) is 0 Å². The summed E-state index contributed by atoms with van der Waals surface area (Å²) in [6, 6.07) is 0. The van der Waals surface area contributed by atoms with Crippen molar-refractivity contribution in [2.75, 3.05) is 19.8 Å². The third kappa shape index (κ3) is 2.21. The molecule has 2 saturated heterocycles. The van der Waals surface area contributed by atoms with Crippen LogP contribution in [0.2, 0.25) is 0 Å². The summed E-state index contributed by atoms with van der Waals surface area (Å²) >= 11 is 0. The van der Waals surface area contributed by atoms with Gasteiger partial charge in [-0.3, -0.25) is 0 Å². The van der Waals surface area contributed by atoms with Gasteiger partial charge >= 0.3 is 0 Å². The molecular weight excluding hydrogens is 352 g/mol. The highest BCUT2D eigenvalue weighted by Crippen LogP contribution is 2.73. The molecule has 0 N–H and O–H groups in total. The maximum absolute atomic E-state index is 6.69. The average Bonchev–Trinajstić information content (AvgIpc) is 2.95. The van der Waals surface area contributed by atoms with Gasteiger partial charge in [0.05, 0.1) is 25.9 Å². The van der Waals surface area contributed by atoms with Crippen molar-refractivity contribution in [2.24, 2.45) is 17.3 Å². The Kier molecular flexibility index (Phi) is 3.84. The minimum Gasteiger partial charge on any atom is -0.377 e. The van der Waals surface area contributed by atoms with E-state index in [0.29, 0.717) is 12.0 Å². The maximum atomic E-state index is 6.69. The molecule has 2 heterocycles. The Morgan fingerprint density at radius 2 is 2.04 bits per heavy atom. The van der Waals surface area contributed by atoms with E-state index in [1.54, 1.807) is 5.57 Å². The number of fused-ring (bicyclic) bond motifs is 3. The fourth-order valence-electron chi connectivity index (χ4n) is 7.85. The van der Waals surface area contributed by atoms with Gasteiger partial charge in [0, 0.05) is 18.3 Å². The Morgan fingerprint density at radius 3 is 2.86 bits per heavy atom. The number of rotatable bonds is 4. The van der Waals surface area contributed by atoms with Gasteiger partial charge in [0.2, 0.25) is 0 Å². The molecule has 2 aliphatic heterocycles. The average molecular weight is 387 g/mol. The summed E-state index contributed by atoms with van der Waals surface area (Å²) in [5.41, 5.74) is 1.92. The van der Waals surface area contributed by atoms with E-state index < -0.39 is 0 Å². The lowest BCUT2D eigenvalue weighted by Crippen LogP contribution is -2.52. The van der Waals surface area contributed by atoms with Crippen LogP contribution in [0, 0.1) is 17.3 Å². The third-order valence-corrected chi connectivity index (χ3v) is 9.23. The van der Waals surface area contributed by atoms with Crippen LogP contribution in [-0.4, -0.2) is 42.9 Å². The highest BCUT2D eigenvalue weighted by molar-refractivity contribution is 5.43. The van der Waals surface area contributed by atoms with E-state index in [1.165, 1.54) is 19.3 Å². The van der Waals surface area contributed by atoms with Gasteiger partial charge in [0.1, 0.15) is 11.2 Å². The van der Waals surface area contributed by atoms with Crippen molar-refractivity contribution in [1.29, 1.82) is 0 Å². The number of epoxide rings is 1. The van der Waals surface area contributed by atoms with E-state index in [0.717, 1.165) is 64.3 Å². The molecule has 154 valence electrons. The Morgan fingerprint density at radius 1 is 1.18 bits per heavy atom. The molecule has 4 nitrogen and oxygen atoms in total. The first-order chi connectivity index (χ1) is 13.6. The molecule has 0 aromatic carbocycles. The quantitative estimate of drug-likeness (QED) is 0.404. The van der Waals surface area contributed by atoms with Crippen molar-refractivity contribution in [3.05, 3.63) is 24.3 Å². The van der Waals surface area contributed by atoms with Gasteiger partial charge in [-0.05, 0) is 62.4 Å². The molecule has 1 unspecified atom stereocenters. The van der Waals surface area contributed by atoms with E-state index in [1.807, 2.05) is 6.08 Å². The molecule has 0 aromatic heterocycles. The summed E-state index contributed by atoms with van der Waals surface area (Å²) in [6.07, 6.45) is 14.9. The van der Waals surface area contributed by atoms with Crippen LogP contribution in [-0.2, 0) is 18.9 Å². The van der Waals surface area contributed by atoms with Crippen molar-refractivity contribution >= 4 is 0 Å². The maximum Gasteiger partial charge on any atom is 0.171 e. The van der Waals surface area contributed by atoms with Crippen molar-refractivity contribution in [3.63, 3.8) is 0 Å². The molecule has 6 rings (SSSR count). The van der Waals surface area contributed by atoms with Crippen LogP contribution in [0.25, 0.3) is 0 Å². The normalized spacial score (nSPS) is 50.3. The summed E-state index contributed by atoms with van der Waals surface area (Å²) in [6.45, 7) is 8.61. The number of ether oxygens (including phenoxy) is 4. The second kappa shape index (κ2) is 5.94. The van der Waals surface area contributed by atoms with Crippen LogP contribution < -0.4 is 0 Å². The van der Waals surface area contributed by atoms with Crippen LogP contribution in [0.5, 0.6) is 0 Å². The summed E-state index contributed by atoms with van der Waals surface area (Å²) in [4.78, 5) is 0. The van der Waals surface area contributed by atoms with Crippen LogP contribution in [0.15, 0.2) is 24.3 Å². The van der Waals surface area contributed by atoms with Gasteiger partial charge in [0.25, 0.3) is 0 Å². The zero-order chi connectivity index (χ0) is 19.0. The first-order valence-electron chi connectivity index (χ1n) is 11.5. The van der Waals surface area contributed by atoms with Crippen LogP contribution in [0.1, 0.15) is 64.7 Å². The molecular formula is C24H34O4. The highest BCUT2D eigenvalue weighted by Gasteiger charge is 2.79. The first-order valence-corrected chi connectivity index (χ1v) is 11.5. The molecule has 0 aromatic rings. The molecule has 4 aliphatic carbocycles. The van der Waals surface area contributed by atoms with Crippen LogP contribution in [0.4, 0.5) is 0 Å². The van der Waals surface area contributed by atoms with Crippen molar-refractivity contribution < 1.29 is 18.9 Å². The first kappa shape index (κ1) is 18.1. The van der Waals surface area contributed by atoms with E-state index in [2.05, 4.69) is 19.6 Å². The van der Waals surface area contributed by atoms with Crippen molar-refractivity contribution in [1.82, 2.24) is 0 Å². The molecule has 0 amide bonds. The fourth-order valence-corrected chi connectivity index (χ4v) is 7.85. The summed E-state index contributed by atoms with van der Waals surface area (Å²) in [5, 5.41) is 0. The molecule has 28 heavy (non-hydrogen) atoms. The lowest BCUT2D eigenvalue weighted by atomic mass is 9.54. The van der Waals surface area contributed by atoms with Gasteiger partial charge in [0.15, 0.2) is 5.79 Å². The third-order valence-electron chi connectivity index (χ3n) is 9.23. The second-order valence-electron chi connectivity index (χ2n) is 10.3. The minimum atomic E-state index is -0.353. The predicted molar refractivity (Wildman–Crippen MR) is 106 cm³/mol. The lowest BCUT2D eigenvalue weighted by molar-refractivity contribution is -0.185. The van der Waals surface area contributed by atoms with Gasteiger partial charge < -0.3 is 18.9 Å². The van der Waals surface area contributed by atoms with E-state index >= 15 is 0 Å². The monoisotopic (exact) mass is 386 g/mol. The minimum absolute atomic E-state index is 0.000406. The SMILES string of the molecule is C=CCCOC1CC[C@H]2[C@@H]3CC[C@@]45CC6(CC[C@@]4(O5)C3=CC[C@]12C)OCCO6. The summed E-state index contributed by atoms with van der Waals surface area (Å²) in [7, 11) is 0. The van der Waals surface area contributed by atoms with Crippen LogP contribution >= 0.6 is 0 Å². The number of hydrogen-bond donors (Lipinski definition) is 0. The summed E-state index contributed by atoms with van der Waals surface area (Å²) < 4.78 is 25.1. The molecule has 6 aliphatic rings. The Bertz CT molecular complexity index is 709. The number of allylic oxidation sites excluding steroid dienone is 1. The van der Waals surface area contributed by atoms with Gasteiger partial charge in [-0.15, -0.1) is 6.58 Å². The zero-order valence-corrected chi connectivity index (χ0v) is 17.2. The Balaban J connectivity index is 1.25.